The van der Waals surface area contributed by atoms with E-state index >= 15 is 0 Å². The van der Waals surface area contributed by atoms with Gasteiger partial charge in [0.05, 0.1) is 4.90 Å². The molecule has 1 aliphatic rings. The molecule has 0 aromatic carbocycles. The lowest BCUT2D eigenvalue weighted by atomic mass is 10.3. The largest absolute Gasteiger partial charge is 0.310 e. The highest BCUT2D eigenvalue weighted by Crippen LogP contribution is 2.33. The highest BCUT2D eigenvalue weighted by Gasteiger charge is 2.32. The first kappa shape index (κ1) is 16.9. The van der Waals surface area contributed by atoms with Crippen LogP contribution in [0.5, 0.6) is 0 Å². The first-order chi connectivity index (χ1) is 9.84. The van der Waals surface area contributed by atoms with Crippen LogP contribution in [0.1, 0.15) is 43.4 Å². The van der Waals surface area contributed by atoms with Crippen molar-refractivity contribution in [2.75, 3.05) is 13.1 Å². The van der Waals surface area contributed by atoms with Crippen molar-refractivity contribution in [3.05, 3.63) is 15.8 Å². The predicted molar refractivity (Wildman–Crippen MR) is 88.2 cm³/mol. The summed E-state index contributed by atoms with van der Waals surface area (Å²) in [5.74, 6) is 0.570. The summed E-state index contributed by atoms with van der Waals surface area (Å²) in [7, 11) is -3.34. The highest BCUT2D eigenvalue weighted by atomic mass is 32.2. The van der Waals surface area contributed by atoms with Crippen LogP contribution < -0.4 is 5.32 Å². The average Bonchev–Trinajstić information content (AvgIpc) is 3.14. The number of hydrogen-bond donors (Lipinski definition) is 1. The van der Waals surface area contributed by atoms with Crippen LogP contribution in [0.2, 0.25) is 0 Å². The Labute approximate surface area is 132 Å². The fourth-order valence-corrected chi connectivity index (χ4v) is 5.38. The molecule has 21 heavy (non-hydrogen) atoms. The van der Waals surface area contributed by atoms with Crippen LogP contribution in [0.15, 0.2) is 11.0 Å². The first-order valence-electron chi connectivity index (χ1n) is 7.67. The number of sulfonamides is 1. The van der Waals surface area contributed by atoms with Crippen molar-refractivity contribution in [3.8, 4) is 0 Å². The zero-order valence-electron chi connectivity index (χ0n) is 13.3. The Morgan fingerprint density at radius 2 is 2.10 bits per heavy atom. The van der Waals surface area contributed by atoms with Gasteiger partial charge in [0.2, 0.25) is 10.0 Å². The fourth-order valence-electron chi connectivity index (χ4n) is 2.30. The number of rotatable bonds is 8. The molecule has 0 saturated heterocycles. The molecule has 1 fully saturated rings. The summed E-state index contributed by atoms with van der Waals surface area (Å²) in [4.78, 5) is 2.47. The van der Waals surface area contributed by atoms with Gasteiger partial charge in [0, 0.05) is 35.4 Å². The van der Waals surface area contributed by atoms with Crippen LogP contribution in [0.25, 0.3) is 0 Å². The summed E-state index contributed by atoms with van der Waals surface area (Å²) in [6.45, 7) is 9.96. The summed E-state index contributed by atoms with van der Waals surface area (Å²) in [5, 5.41) is 3.34. The Balaban J connectivity index is 2.18. The van der Waals surface area contributed by atoms with E-state index in [0.29, 0.717) is 29.9 Å². The molecule has 0 amide bonds. The van der Waals surface area contributed by atoms with Gasteiger partial charge in [0.15, 0.2) is 0 Å². The average molecular weight is 331 g/mol. The lowest BCUT2D eigenvalue weighted by molar-refractivity contribution is 0.412. The molecule has 0 atom stereocenters. The van der Waals surface area contributed by atoms with E-state index in [-0.39, 0.29) is 0 Å². The Hall–Kier alpha value is -0.430. The van der Waals surface area contributed by atoms with Gasteiger partial charge in [-0.2, -0.15) is 4.31 Å². The molecule has 6 heteroatoms. The summed E-state index contributed by atoms with van der Waals surface area (Å²) in [6.07, 6.45) is 2.33. The normalized spacial score (nSPS) is 16.1. The van der Waals surface area contributed by atoms with E-state index in [2.05, 4.69) is 19.2 Å². The molecular weight excluding hydrogens is 304 g/mol. The van der Waals surface area contributed by atoms with Gasteiger partial charge < -0.3 is 5.32 Å². The molecule has 2 rings (SSSR count). The standard InChI is InChI=1S/C15H26N2O2S2/c1-5-17(10-13-6-7-13)21(18,19)15-8-14(20-12(15)4)9-16-11(2)3/h8,11,13,16H,5-7,9-10H2,1-4H3. The maximum atomic E-state index is 12.8. The van der Waals surface area contributed by atoms with Gasteiger partial charge in [-0.3, -0.25) is 0 Å². The molecule has 0 radical (unpaired) electrons. The van der Waals surface area contributed by atoms with Crippen molar-refractivity contribution in [3.63, 3.8) is 0 Å². The SMILES string of the molecule is CCN(CC1CC1)S(=O)(=O)c1cc(CNC(C)C)sc1C. The maximum Gasteiger partial charge on any atom is 0.244 e. The Morgan fingerprint density at radius 1 is 1.43 bits per heavy atom. The summed E-state index contributed by atoms with van der Waals surface area (Å²) < 4.78 is 27.3. The second-order valence-electron chi connectivity index (χ2n) is 6.07. The molecule has 1 N–H and O–H groups in total. The lowest BCUT2D eigenvalue weighted by Gasteiger charge is -2.20. The molecule has 1 heterocycles. The molecule has 0 bridgehead atoms. The molecule has 0 spiro atoms. The third-order valence-electron chi connectivity index (χ3n) is 3.74. The summed E-state index contributed by atoms with van der Waals surface area (Å²) in [5.41, 5.74) is 0. The summed E-state index contributed by atoms with van der Waals surface area (Å²) >= 11 is 1.58. The van der Waals surface area contributed by atoms with E-state index in [9.17, 15) is 8.42 Å². The number of nitrogens with one attached hydrogen (secondary N) is 1. The van der Waals surface area contributed by atoms with Crippen LogP contribution in [0, 0.1) is 12.8 Å². The van der Waals surface area contributed by atoms with Gasteiger partial charge in [-0.15, -0.1) is 11.3 Å². The zero-order valence-corrected chi connectivity index (χ0v) is 15.0. The van der Waals surface area contributed by atoms with E-state index in [1.165, 1.54) is 0 Å². The minimum Gasteiger partial charge on any atom is -0.310 e. The van der Waals surface area contributed by atoms with Crippen LogP contribution >= 0.6 is 11.3 Å². The lowest BCUT2D eigenvalue weighted by Crippen LogP contribution is -2.32. The van der Waals surface area contributed by atoms with Gasteiger partial charge in [-0.05, 0) is 31.7 Å². The van der Waals surface area contributed by atoms with Crippen molar-refractivity contribution in [2.45, 2.75) is 58.0 Å². The highest BCUT2D eigenvalue weighted by molar-refractivity contribution is 7.89. The Morgan fingerprint density at radius 3 is 2.62 bits per heavy atom. The van der Waals surface area contributed by atoms with Crippen molar-refractivity contribution in [1.82, 2.24) is 9.62 Å². The molecule has 1 aromatic heterocycles. The third-order valence-corrected chi connectivity index (χ3v) is 6.98. The molecule has 0 unspecified atom stereocenters. The van der Waals surface area contributed by atoms with E-state index in [4.69, 9.17) is 0 Å². The predicted octanol–water partition coefficient (Wildman–Crippen LogP) is 2.98. The maximum absolute atomic E-state index is 12.8. The van der Waals surface area contributed by atoms with Gasteiger partial charge in [0.1, 0.15) is 0 Å². The monoisotopic (exact) mass is 330 g/mol. The minimum atomic E-state index is -3.34. The molecule has 0 aliphatic heterocycles. The second kappa shape index (κ2) is 6.77. The van der Waals surface area contributed by atoms with Crippen molar-refractivity contribution < 1.29 is 8.42 Å². The third kappa shape index (κ3) is 4.28. The van der Waals surface area contributed by atoms with E-state index in [0.717, 1.165) is 29.1 Å². The van der Waals surface area contributed by atoms with E-state index in [1.807, 2.05) is 19.9 Å². The van der Waals surface area contributed by atoms with Gasteiger partial charge in [-0.25, -0.2) is 8.42 Å². The number of nitrogens with zero attached hydrogens (tertiary/aromatic N) is 1. The van der Waals surface area contributed by atoms with Gasteiger partial charge >= 0.3 is 0 Å². The number of thiophene rings is 1. The molecular formula is C15H26N2O2S2. The Bertz CT molecular complexity index is 574. The Kier molecular flexibility index (Phi) is 5.46. The minimum absolute atomic E-state index is 0.398. The number of hydrogen-bond acceptors (Lipinski definition) is 4. The van der Waals surface area contributed by atoms with Gasteiger partial charge in [-0.1, -0.05) is 20.8 Å². The molecule has 120 valence electrons. The quantitative estimate of drug-likeness (QED) is 0.797. The van der Waals surface area contributed by atoms with Crippen LogP contribution in [-0.2, 0) is 16.6 Å². The molecule has 4 nitrogen and oxygen atoms in total. The van der Waals surface area contributed by atoms with E-state index < -0.39 is 10.0 Å². The van der Waals surface area contributed by atoms with Gasteiger partial charge in [0.25, 0.3) is 0 Å². The fraction of sp³-hybridized carbons (Fsp3) is 0.733. The molecule has 1 aliphatic carbocycles. The first-order valence-corrected chi connectivity index (χ1v) is 9.93. The molecule has 1 aromatic rings. The number of aryl methyl sites for hydroxylation is 1. The van der Waals surface area contributed by atoms with Crippen LogP contribution in [-0.4, -0.2) is 31.9 Å². The van der Waals surface area contributed by atoms with Crippen molar-refractivity contribution in [2.24, 2.45) is 5.92 Å². The van der Waals surface area contributed by atoms with Crippen LogP contribution in [0.4, 0.5) is 0 Å². The second-order valence-corrected chi connectivity index (χ2v) is 9.32. The zero-order chi connectivity index (χ0) is 15.6. The summed E-state index contributed by atoms with van der Waals surface area (Å²) in [6, 6.07) is 2.25. The smallest absolute Gasteiger partial charge is 0.244 e. The van der Waals surface area contributed by atoms with Crippen molar-refractivity contribution >= 4 is 21.4 Å². The van der Waals surface area contributed by atoms with E-state index in [1.54, 1.807) is 15.6 Å². The topological polar surface area (TPSA) is 49.4 Å². The van der Waals surface area contributed by atoms with Crippen LogP contribution in [0.3, 0.4) is 0 Å². The van der Waals surface area contributed by atoms with Crippen molar-refractivity contribution in [1.29, 1.82) is 0 Å². The molecule has 1 saturated carbocycles.